The van der Waals surface area contributed by atoms with Crippen LogP contribution in [0.25, 0.3) is 0 Å². The molecule has 2 aliphatic rings. The lowest BCUT2D eigenvalue weighted by atomic mass is 10.0. The van der Waals surface area contributed by atoms with E-state index < -0.39 is 21.9 Å². The standard InChI is InChI=1S/C14H14N2O6S/c17-12-5-6-13(18)16(12)10-1-3-11(4-2-10)23(21,22)15-7-9(8-15)14(19)20/h1-4,9H,5-8H2,(H,19,20). The Balaban J connectivity index is 1.78. The van der Waals surface area contributed by atoms with Crippen LogP contribution in [0.2, 0.25) is 0 Å². The van der Waals surface area contributed by atoms with E-state index >= 15 is 0 Å². The van der Waals surface area contributed by atoms with E-state index in [1.807, 2.05) is 0 Å². The summed E-state index contributed by atoms with van der Waals surface area (Å²) in [5.74, 6) is -2.31. The molecule has 122 valence electrons. The number of anilines is 1. The molecule has 3 rings (SSSR count). The van der Waals surface area contributed by atoms with Gasteiger partial charge in [0.25, 0.3) is 0 Å². The molecule has 0 unspecified atom stereocenters. The molecular formula is C14H14N2O6S. The highest BCUT2D eigenvalue weighted by Crippen LogP contribution is 2.28. The van der Waals surface area contributed by atoms with Crippen molar-refractivity contribution < 1.29 is 27.9 Å². The van der Waals surface area contributed by atoms with E-state index in [1.54, 1.807) is 0 Å². The van der Waals surface area contributed by atoms with Crippen LogP contribution in [0.3, 0.4) is 0 Å². The molecule has 9 heteroatoms. The third-order valence-corrected chi connectivity index (χ3v) is 5.83. The van der Waals surface area contributed by atoms with Crippen molar-refractivity contribution in [3.63, 3.8) is 0 Å². The zero-order chi connectivity index (χ0) is 16.8. The van der Waals surface area contributed by atoms with Gasteiger partial charge in [-0.1, -0.05) is 0 Å². The fourth-order valence-electron chi connectivity index (χ4n) is 2.57. The molecule has 2 fully saturated rings. The van der Waals surface area contributed by atoms with Gasteiger partial charge >= 0.3 is 5.97 Å². The Hall–Kier alpha value is -2.26. The molecule has 0 saturated carbocycles. The predicted molar refractivity (Wildman–Crippen MR) is 78.1 cm³/mol. The molecule has 0 aromatic heterocycles. The summed E-state index contributed by atoms with van der Waals surface area (Å²) in [5.41, 5.74) is 0.337. The van der Waals surface area contributed by atoms with E-state index in [0.29, 0.717) is 5.69 Å². The Kier molecular flexibility index (Phi) is 3.69. The second-order valence-electron chi connectivity index (χ2n) is 5.47. The maximum absolute atomic E-state index is 12.3. The lowest BCUT2D eigenvalue weighted by molar-refractivity contribution is -0.145. The highest BCUT2D eigenvalue weighted by Gasteiger charge is 2.40. The van der Waals surface area contributed by atoms with Crippen LogP contribution in [0.1, 0.15) is 12.8 Å². The molecule has 2 amide bonds. The monoisotopic (exact) mass is 338 g/mol. The third kappa shape index (κ3) is 2.62. The fourth-order valence-corrected chi connectivity index (χ4v) is 4.10. The topological polar surface area (TPSA) is 112 Å². The first-order chi connectivity index (χ1) is 10.8. The summed E-state index contributed by atoms with van der Waals surface area (Å²) in [7, 11) is -3.75. The fraction of sp³-hybridized carbons (Fsp3) is 0.357. The van der Waals surface area contributed by atoms with E-state index in [2.05, 4.69) is 0 Å². The summed E-state index contributed by atoms with van der Waals surface area (Å²) in [6.07, 6.45) is 0.312. The second kappa shape index (κ2) is 5.43. The van der Waals surface area contributed by atoms with E-state index in [1.165, 1.54) is 24.3 Å². The highest BCUT2D eigenvalue weighted by atomic mass is 32.2. The van der Waals surface area contributed by atoms with Crippen LogP contribution in [0, 0.1) is 5.92 Å². The van der Waals surface area contributed by atoms with Gasteiger partial charge in [0.2, 0.25) is 21.8 Å². The van der Waals surface area contributed by atoms with Crippen molar-refractivity contribution in [2.45, 2.75) is 17.7 Å². The quantitative estimate of drug-likeness (QED) is 0.776. The van der Waals surface area contributed by atoms with Crippen molar-refractivity contribution >= 4 is 33.5 Å². The predicted octanol–water partition coefficient (Wildman–Crippen LogP) is 0.0451. The second-order valence-corrected chi connectivity index (χ2v) is 7.41. The van der Waals surface area contributed by atoms with Gasteiger partial charge in [-0.2, -0.15) is 4.31 Å². The molecule has 0 radical (unpaired) electrons. The Morgan fingerprint density at radius 2 is 1.57 bits per heavy atom. The van der Waals surface area contributed by atoms with Crippen LogP contribution >= 0.6 is 0 Å². The van der Waals surface area contributed by atoms with Gasteiger partial charge in [0.1, 0.15) is 0 Å². The summed E-state index contributed by atoms with van der Waals surface area (Å²) < 4.78 is 25.7. The van der Waals surface area contributed by atoms with Gasteiger partial charge in [-0.15, -0.1) is 0 Å². The van der Waals surface area contributed by atoms with E-state index in [0.717, 1.165) is 9.21 Å². The summed E-state index contributed by atoms with van der Waals surface area (Å²) in [6, 6.07) is 5.44. The van der Waals surface area contributed by atoms with Crippen molar-refractivity contribution in [2.75, 3.05) is 18.0 Å². The number of rotatable bonds is 4. The van der Waals surface area contributed by atoms with Crippen molar-refractivity contribution in [2.24, 2.45) is 5.92 Å². The first kappa shape index (κ1) is 15.6. The number of carboxylic acid groups (broad SMARTS) is 1. The molecule has 2 aliphatic heterocycles. The first-order valence-corrected chi connectivity index (χ1v) is 8.43. The zero-order valence-electron chi connectivity index (χ0n) is 12.0. The van der Waals surface area contributed by atoms with Crippen LogP contribution in [-0.2, 0) is 24.4 Å². The third-order valence-electron chi connectivity index (χ3n) is 3.98. The van der Waals surface area contributed by atoms with Gasteiger partial charge in [0.15, 0.2) is 0 Å². The van der Waals surface area contributed by atoms with Gasteiger partial charge in [-0.25, -0.2) is 8.42 Å². The number of carbonyl (C=O) groups is 3. The molecule has 2 heterocycles. The van der Waals surface area contributed by atoms with Crippen molar-refractivity contribution in [1.29, 1.82) is 0 Å². The first-order valence-electron chi connectivity index (χ1n) is 6.99. The number of carbonyl (C=O) groups excluding carboxylic acids is 2. The van der Waals surface area contributed by atoms with Gasteiger partial charge in [0, 0.05) is 25.9 Å². The van der Waals surface area contributed by atoms with Crippen LogP contribution in [0.5, 0.6) is 0 Å². The molecule has 0 spiro atoms. The number of sulfonamides is 1. The zero-order valence-corrected chi connectivity index (χ0v) is 12.8. The van der Waals surface area contributed by atoms with Crippen molar-refractivity contribution in [3.05, 3.63) is 24.3 Å². The number of imide groups is 1. The number of benzene rings is 1. The van der Waals surface area contributed by atoms with Gasteiger partial charge in [-0.05, 0) is 24.3 Å². The van der Waals surface area contributed by atoms with Crippen molar-refractivity contribution in [1.82, 2.24) is 4.31 Å². The van der Waals surface area contributed by atoms with E-state index in [4.69, 9.17) is 5.11 Å². The molecular weight excluding hydrogens is 324 g/mol. The number of carboxylic acids is 1. The molecule has 0 atom stereocenters. The van der Waals surface area contributed by atoms with Crippen LogP contribution in [0.4, 0.5) is 5.69 Å². The summed E-state index contributed by atoms with van der Waals surface area (Å²) in [5, 5.41) is 8.80. The lowest BCUT2D eigenvalue weighted by Gasteiger charge is -2.35. The summed E-state index contributed by atoms with van der Waals surface area (Å²) >= 11 is 0. The Bertz CT molecular complexity index is 764. The van der Waals surface area contributed by atoms with Gasteiger partial charge in [-0.3, -0.25) is 19.3 Å². The normalized spacial score (nSPS) is 19.9. The minimum atomic E-state index is -3.75. The van der Waals surface area contributed by atoms with E-state index in [-0.39, 0.29) is 42.6 Å². The average molecular weight is 338 g/mol. The maximum Gasteiger partial charge on any atom is 0.309 e. The largest absolute Gasteiger partial charge is 0.481 e. The number of hydrogen-bond acceptors (Lipinski definition) is 5. The molecule has 1 N–H and O–H groups in total. The molecule has 8 nitrogen and oxygen atoms in total. The molecule has 2 saturated heterocycles. The van der Waals surface area contributed by atoms with Crippen molar-refractivity contribution in [3.8, 4) is 0 Å². The SMILES string of the molecule is O=C(O)C1CN(S(=O)(=O)c2ccc(N3C(=O)CCC3=O)cc2)C1. The highest BCUT2D eigenvalue weighted by molar-refractivity contribution is 7.89. The molecule has 0 bridgehead atoms. The van der Waals surface area contributed by atoms with Crippen LogP contribution in [-0.4, -0.2) is 48.7 Å². The maximum atomic E-state index is 12.3. The molecule has 23 heavy (non-hydrogen) atoms. The molecule has 1 aromatic carbocycles. The Morgan fingerprint density at radius 1 is 1.04 bits per heavy atom. The average Bonchev–Trinajstić information content (AvgIpc) is 2.76. The minimum absolute atomic E-state index is 0.00387. The van der Waals surface area contributed by atoms with Gasteiger partial charge < -0.3 is 5.11 Å². The van der Waals surface area contributed by atoms with Crippen LogP contribution < -0.4 is 4.90 Å². The number of amides is 2. The molecule has 0 aliphatic carbocycles. The summed E-state index contributed by atoms with van der Waals surface area (Å²) in [4.78, 5) is 35.1. The Labute approximate surface area is 132 Å². The van der Waals surface area contributed by atoms with Crippen LogP contribution in [0.15, 0.2) is 29.2 Å². The lowest BCUT2D eigenvalue weighted by Crippen LogP contribution is -2.52. The molecule has 1 aromatic rings. The number of aliphatic carboxylic acids is 1. The van der Waals surface area contributed by atoms with E-state index in [9.17, 15) is 22.8 Å². The Morgan fingerprint density at radius 3 is 2.04 bits per heavy atom. The number of nitrogens with zero attached hydrogens (tertiary/aromatic N) is 2. The number of hydrogen-bond donors (Lipinski definition) is 1. The smallest absolute Gasteiger partial charge is 0.309 e. The summed E-state index contributed by atoms with van der Waals surface area (Å²) in [6.45, 7) is -0.106. The minimum Gasteiger partial charge on any atom is -0.481 e. The van der Waals surface area contributed by atoms with Gasteiger partial charge in [0.05, 0.1) is 16.5 Å².